The van der Waals surface area contributed by atoms with Crippen LogP contribution in [0.5, 0.6) is 0 Å². The lowest BCUT2D eigenvalue weighted by atomic mass is 10.0. The minimum Gasteiger partial charge on any atom is -0.428 e. The molecule has 0 saturated heterocycles. The van der Waals surface area contributed by atoms with Gasteiger partial charge in [-0.2, -0.15) is 4.98 Å². The number of carbonyl (C=O) groups is 1. The maximum Gasteiger partial charge on any atom is 0.302 e. The van der Waals surface area contributed by atoms with Crippen LogP contribution < -0.4 is 5.32 Å². The lowest BCUT2D eigenvalue weighted by Gasteiger charge is -2.05. The van der Waals surface area contributed by atoms with Gasteiger partial charge in [-0.25, -0.2) is 4.39 Å². The van der Waals surface area contributed by atoms with Crippen molar-refractivity contribution < 1.29 is 13.6 Å². The Bertz CT molecular complexity index is 388. The third-order valence-electron chi connectivity index (χ3n) is 2.31. The number of amides is 1. The SMILES string of the molecule is C=C(F)C(=O)Nc1nc2c(o1)CCCC2. The highest BCUT2D eigenvalue weighted by molar-refractivity contribution is 6.00. The molecular weight excluding hydrogens is 199 g/mol. The highest BCUT2D eigenvalue weighted by atomic mass is 19.1. The van der Waals surface area contributed by atoms with Gasteiger partial charge in [0.05, 0.1) is 5.69 Å². The van der Waals surface area contributed by atoms with Crippen molar-refractivity contribution in [3.05, 3.63) is 23.9 Å². The molecule has 1 aliphatic rings. The molecule has 15 heavy (non-hydrogen) atoms. The summed E-state index contributed by atoms with van der Waals surface area (Å²) in [6.07, 6.45) is 3.81. The van der Waals surface area contributed by atoms with Crippen LogP contribution in [0.3, 0.4) is 0 Å². The van der Waals surface area contributed by atoms with Crippen LogP contribution in [0, 0.1) is 0 Å². The van der Waals surface area contributed by atoms with Crippen molar-refractivity contribution in [1.29, 1.82) is 0 Å². The van der Waals surface area contributed by atoms with E-state index in [4.69, 9.17) is 4.42 Å². The van der Waals surface area contributed by atoms with Crippen molar-refractivity contribution in [2.45, 2.75) is 25.7 Å². The Hall–Kier alpha value is -1.65. The number of rotatable bonds is 2. The monoisotopic (exact) mass is 210 g/mol. The first kappa shape index (κ1) is 9.89. The maximum absolute atomic E-state index is 12.4. The number of aromatic nitrogens is 1. The second-order valence-corrected chi connectivity index (χ2v) is 3.46. The lowest BCUT2D eigenvalue weighted by Crippen LogP contribution is -2.11. The first-order chi connectivity index (χ1) is 7.16. The number of hydrogen-bond donors (Lipinski definition) is 1. The third-order valence-corrected chi connectivity index (χ3v) is 2.31. The van der Waals surface area contributed by atoms with E-state index in [1.807, 2.05) is 0 Å². The van der Waals surface area contributed by atoms with E-state index in [1.54, 1.807) is 0 Å². The third kappa shape index (κ3) is 2.06. The Morgan fingerprint density at radius 3 is 2.87 bits per heavy atom. The van der Waals surface area contributed by atoms with E-state index in [2.05, 4.69) is 16.9 Å². The molecule has 0 saturated carbocycles. The van der Waals surface area contributed by atoms with E-state index in [9.17, 15) is 9.18 Å². The molecule has 0 spiro atoms. The number of anilines is 1. The summed E-state index contributed by atoms with van der Waals surface area (Å²) in [4.78, 5) is 15.0. The van der Waals surface area contributed by atoms with E-state index in [0.717, 1.165) is 37.1 Å². The Kier molecular flexibility index (Phi) is 2.53. The minimum atomic E-state index is -1.05. The molecule has 1 amide bonds. The summed E-state index contributed by atoms with van der Waals surface area (Å²) in [5.41, 5.74) is 0.862. The zero-order valence-electron chi connectivity index (χ0n) is 8.18. The molecule has 1 aromatic heterocycles. The number of fused-ring (bicyclic) bond motifs is 1. The first-order valence-electron chi connectivity index (χ1n) is 4.81. The number of aryl methyl sites for hydroxylation is 2. The van der Waals surface area contributed by atoms with Crippen LogP contribution in [0.15, 0.2) is 16.8 Å². The van der Waals surface area contributed by atoms with E-state index in [1.165, 1.54) is 0 Å². The van der Waals surface area contributed by atoms with E-state index in [0.29, 0.717) is 0 Å². The van der Waals surface area contributed by atoms with Gasteiger partial charge >= 0.3 is 6.01 Å². The summed E-state index contributed by atoms with van der Waals surface area (Å²) >= 11 is 0. The predicted molar refractivity (Wildman–Crippen MR) is 52.0 cm³/mol. The van der Waals surface area contributed by atoms with Gasteiger partial charge in [-0.15, -0.1) is 0 Å². The zero-order chi connectivity index (χ0) is 10.8. The average Bonchev–Trinajstić information content (AvgIpc) is 2.59. The van der Waals surface area contributed by atoms with Gasteiger partial charge in [0.25, 0.3) is 5.91 Å². The number of halogens is 1. The molecule has 5 heteroatoms. The quantitative estimate of drug-likeness (QED) is 0.759. The van der Waals surface area contributed by atoms with Crippen molar-refractivity contribution >= 4 is 11.9 Å². The summed E-state index contributed by atoms with van der Waals surface area (Å²) in [5.74, 6) is -1.17. The molecular formula is C10H11FN2O2. The largest absolute Gasteiger partial charge is 0.428 e. The topological polar surface area (TPSA) is 55.1 Å². The van der Waals surface area contributed by atoms with Crippen molar-refractivity contribution in [1.82, 2.24) is 4.98 Å². The summed E-state index contributed by atoms with van der Waals surface area (Å²) in [7, 11) is 0. The maximum atomic E-state index is 12.4. The first-order valence-corrected chi connectivity index (χ1v) is 4.81. The molecule has 1 heterocycles. The van der Waals surface area contributed by atoms with Crippen LogP contribution in [0.2, 0.25) is 0 Å². The van der Waals surface area contributed by atoms with Crippen LogP contribution in [-0.2, 0) is 17.6 Å². The van der Waals surface area contributed by atoms with Crippen molar-refractivity contribution in [3.63, 3.8) is 0 Å². The van der Waals surface area contributed by atoms with Gasteiger partial charge < -0.3 is 4.42 Å². The predicted octanol–water partition coefficient (Wildman–Crippen LogP) is 1.98. The summed E-state index contributed by atoms with van der Waals surface area (Å²) in [5, 5.41) is 2.21. The Morgan fingerprint density at radius 2 is 2.20 bits per heavy atom. The Morgan fingerprint density at radius 1 is 1.47 bits per heavy atom. The van der Waals surface area contributed by atoms with Gasteiger partial charge in [-0.3, -0.25) is 10.1 Å². The Balaban J connectivity index is 2.13. The lowest BCUT2D eigenvalue weighted by molar-refractivity contribution is -0.114. The van der Waals surface area contributed by atoms with Crippen molar-refractivity contribution in [3.8, 4) is 0 Å². The molecule has 0 unspecified atom stereocenters. The molecule has 1 aliphatic carbocycles. The molecule has 0 bridgehead atoms. The molecule has 0 aromatic carbocycles. The second-order valence-electron chi connectivity index (χ2n) is 3.46. The van der Waals surface area contributed by atoms with Crippen LogP contribution >= 0.6 is 0 Å². The fourth-order valence-corrected chi connectivity index (χ4v) is 1.57. The molecule has 0 atom stereocenters. The molecule has 0 aliphatic heterocycles. The van der Waals surface area contributed by atoms with Crippen molar-refractivity contribution in [2.24, 2.45) is 0 Å². The van der Waals surface area contributed by atoms with Gasteiger partial charge in [0, 0.05) is 6.42 Å². The summed E-state index contributed by atoms with van der Waals surface area (Å²) in [6, 6.07) is 0.0608. The molecule has 80 valence electrons. The highest BCUT2D eigenvalue weighted by Crippen LogP contribution is 2.23. The molecule has 4 nitrogen and oxygen atoms in total. The second kappa shape index (κ2) is 3.84. The van der Waals surface area contributed by atoms with Gasteiger partial charge in [0.1, 0.15) is 5.76 Å². The molecule has 0 radical (unpaired) electrons. The van der Waals surface area contributed by atoms with Crippen molar-refractivity contribution in [2.75, 3.05) is 5.32 Å². The average molecular weight is 210 g/mol. The molecule has 1 aromatic rings. The zero-order valence-corrected chi connectivity index (χ0v) is 8.18. The summed E-state index contributed by atoms with van der Waals surface area (Å²) in [6.45, 7) is 2.88. The number of nitrogens with one attached hydrogen (secondary N) is 1. The highest BCUT2D eigenvalue weighted by Gasteiger charge is 2.18. The minimum absolute atomic E-state index is 0.0608. The van der Waals surface area contributed by atoms with Crippen LogP contribution in [0.25, 0.3) is 0 Å². The van der Waals surface area contributed by atoms with Crippen LogP contribution in [0.1, 0.15) is 24.3 Å². The van der Waals surface area contributed by atoms with E-state index in [-0.39, 0.29) is 6.01 Å². The number of nitrogens with zero attached hydrogens (tertiary/aromatic N) is 1. The number of carbonyl (C=O) groups excluding carboxylic acids is 1. The van der Waals surface area contributed by atoms with Gasteiger partial charge in [0.15, 0.2) is 5.83 Å². The van der Waals surface area contributed by atoms with Gasteiger partial charge in [-0.1, -0.05) is 6.58 Å². The standard InChI is InChI=1S/C10H11FN2O2/c1-6(11)9(14)13-10-12-7-4-2-3-5-8(7)15-10/h1-5H2,(H,12,13,14). The van der Waals surface area contributed by atoms with Crippen LogP contribution in [0.4, 0.5) is 10.4 Å². The van der Waals surface area contributed by atoms with Gasteiger partial charge in [0.2, 0.25) is 0 Å². The fourth-order valence-electron chi connectivity index (χ4n) is 1.57. The number of oxazole rings is 1. The fraction of sp³-hybridized carbons (Fsp3) is 0.400. The number of hydrogen-bond acceptors (Lipinski definition) is 3. The van der Waals surface area contributed by atoms with E-state index >= 15 is 0 Å². The van der Waals surface area contributed by atoms with Crippen LogP contribution in [-0.4, -0.2) is 10.9 Å². The van der Waals surface area contributed by atoms with E-state index < -0.39 is 11.7 Å². The molecule has 1 N–H and O–H groups in total. The molecule has 2 rings (SSSR count). The smallest absolute Gasteiger partial charge is 0.302 e. The molecule has 0 fully saturated rings. The summed E-state index contributed by atoms with van der Waals surface area (Å²) < 4.78 is 17.7. The van der Waals surface area contributed by atoms with Gasteiger partial charge in [-0.05, 0) is 19.3 Å². The Labute approximate surface area is 86.2 Å². The normalized spacial score (nSPS) is 14.5.